The van der Waals surface area contributed by atoms with Gasteiger partial charge in [0.05, 0.1) is 12.1 Å². The molecule has 0 aliphatic carbocycles. The molecule has 1 fully saturated rings. The minimum absolute atomic E-state index is 0.0852. The van der Waals surface area contributed by atoms with Gasteiger partial charge in [0.15, 0.2) is 0 Å². The molecule has 4 heteroatoms. The van der Waals surface area contributed by atoms with E-state index >= 15 is 0 Å². The van der Waals surface area contributed by atoms with Crippen LogP contribution in [0.4, 0.5) is 0 Å². The molecule has 0 spiro atoms. The first-order chi connectivity index (χ1) is 7.34. The van der Waals surface area contributed by atoms with E-state index in [1.807, 2.05) is 6.92 Å². The third-order valence-electron chi connectivity index (χ3n) is 3.40. The second-order valence-corrected chi connectivity index (χ2v) is 5.65. The zero-order valence-corrected chi connectivity index (χ0v) is 11.0. The van der Waals surface area contributed by atoms with Gasteiger partial charge in [-0.05, 0) is 18.8 Å². The Morgan fingerprint density at radius 2 is 2.12 bits per heavy atom. The van der Waals surface area contributed by atoms with Gasteiger partial charge in [-0.2, -0.15) is 0 Å². The number of amides is 1. The molecule has 1 aliphatic rings. The van der Waals surface area contributed by atoms with Crippen molar-refractivity contribution in [3.05, 3.63) is 0 Å². The second-order valence-electron chi connectivity index (χ2n) is 5.65. The Balaban J connectivity index is 2.42. The van der Waals surface area contributed by atoms with E-state index < -0.39 is 0 Å². The smallest absolute Gasteiger partial charge is 0.237 e. The molecule has 1 saturated heterocycles. The fourth-order valence-electron chi connectivity index (χ4n) is 1.61. The zero-order valence-electron chi connectivity index (χ0n) is 11.0. The van der Waals surface area contributed by atoms with Crippen LogP contribution in [-0.2, 0) is 9.53 Å². The first-order valence-electron chi connectivity index (χ1n) is 5.91. The van der Waals surface area contributed by atoms with E-state index in [1.54, 1.807) is 7.11 Å². The van der Waals surface area contributed by atoms with Gasteiger partial charge in [-0.1, -0.05) is 20.8 Å². The molecule has 0 aromatic carbocycles. The van der Waals surface area contributed by atoms with E-state index in [0.29, 0.717) is 0 Å². The number of hydrogen-bond donors (Lipinski definition) is 2. The number of methoxy groups -OCH3 is 1. The van der Waals surface area contributed by atoms with Crippen molar-refractivity contribution < 1.29 is 9.53 Å². The van der Waals surface area contributed by atoms with Crippen molar-refractivity contribution in [2.75, 3.05) is 13.7 Å². The molecule has 4 nitrogen and oxygen atoms in total. The lowest BCUT2D eigenvalue weighted by Crippen LogP contribution is -2.48. The van der Waals surface area contributed by atoms with Gasteiger partial charge in [0, 0.05) is 19.7 Å². The summed E-state index contributed by atoms with van der Waals surface area (Å²) in [7, 11) is 1.68. The molecule has 3 unspecified atom stereocenters. The molecule has 3 atom stereocenters. The summed E-state index contributed by atoms with van der Waals surface area (Å²) in [6.45, 7) is 9.17. The van der Waals surface area contributed by atoms with E-state index in [2.05, 4.69) is 31.4 Å². The average molecular weight is 228 g/mol. The van der Waals surface area contributed by atoms with Crippen LogP contribution in [0, 0.1) is 5.41 Å². The van der Waals surface area contributed by atoms with Crippen molar-refractivity contribution in [1.82, 2.24) is 10.6 Å². The normalized spacial score (nSPS) is 27.8. The van der Waals surface area contributed by atoms with Crippen LogP contribution in [0.1, 0.15) is 34.1 Å². The lowest BCUT2D eigenvalue weighted by molar-refractivity contribution is -0.124. The molecule has 16 heavy (non-hydrogen) atoms. The largest absolute Gasteiger partial charge is 0.380 e. The summed E-state index contributed by atoms with van der Waals surface area (Å²) < 4.78 is 5.22. The third-order valence-corrected chi connectivity index (χ3v) is 3.40. The molecule has 0 saturated carbocycles. The summed E-state index contributed by atoms with van der Waals surface area (Å²) in [4.78, 5) is 11.9. The fraction of sp³-hybridized carbons (Fsp3) is 0.917. The summed E-state index contributed by atoms with van der Waals surface area (Å²) >= 11 is 0. The maximum Gasteiger partial charge on any atom is 0.237 e. The van der Waals surface area contributed by atoms with Gasteiger partial charge in [0.25, 0.3) is 0 Å². The SMILES string of the molecule is COC1CNC(C(=O)NC(C)C(C)(C)C)C1. The molecule has 1 aliphatic heterocycles. The standard InChI is InChI=1S/C12H24N2O2/c1-8(12(2,3)4)14-11(15)10-6-9(16-5)7-13-10/h8-10,13H,6-7H2,1-5H3,(H,14,15). The molecule has 1 rings (SSSR count). The lowest BCUT2D eigenvalue weighted by Gasteiger charge is -2.29. The summed E-state index contributed by atoms with van der Waals surface area (Å²) in [6.07, 6.45) is 0.930. The van der Waals surface area contributed by atoms with Crippen molar-refractivity contribution in [2.24, 2.45) is 5.41 Å². The molecule has 0 radical (unpaired) electrons. The highest BCUT2D eigenvalue weighted by Gasteiger charge is 2.31. The van der Waals surface area contributed by atoms with Crippen LogP contribution < -0.4 is 10.6 Å². The monoisotopic (exact) mass is 228 g/mol. The first-order valence-corrected chi connectivity index (χ1v) is 5.91. The highest BCUT2D eigenvalue weighted by Crippen LogP contribution is 2.19. The molecular weight excluding hydrogens is 204 g/mol. The maximum atomic E-state index is 11.9. The lowest BCUT2D eigenvalue weighted by atomic mass is 9.88. The highest BCUT2D eigenvalue weighted by molar-refractivity contribution is 5.82. The van der Waals surface area contributed by atoms with Gasteiger partial charge in [0.1, 0.15) is 0 Å². The fourth-order valence-corrected chi connectivity index (χ4v) is 1.61. The Morgan fingerprint density at radius 1 is 1.50 bits per heavy atom. The predicted octanol–water partition coefficient (Wildman–Crippen LogP) is 0.914. The number of nitrogens with one attached hydrogen (secondary N) is 2. The van der Waals surface area contributed by atoms with E-state index in [4.69, 9.17) is 4.74 Å². The quantitative estimate of drug-likeness (QED) is 0.755. The van der Waals surface area contributed by atoms with Crippen molar-refractivity contribution in [3.63, 3.8) is 0 Å². The Morgan fingerprint density at radius 3 is 2.56 bits per heavy atom. The number of rotatable bonds is 3. The minimum Gasteiger partial charge on any atom is -0.380 e. The summed E-state index contributed by atoms with van der Waals surface area (Å²) in [5, 5.41) is 6.23. The van der Waals surface area contributed by atoms with Gasteiger partial charge in [0.2, 0.25) is 5.91 Å². The van der Waals surface area contributed by atoms with E-state index in [-0.39, 0.29) is 29.5 Å². The Bertz CT molecular complexity index is 248. The van der Waals surface area contributed by atoms with Crippen LogP contribution in [0.5, 0.6) is 0 Å². The maximum absolute atomic E-state index is 11.9. The second kappa shape index (κ2) is 5.15. The van der Waals surface area contributed by atoms with Gasteiger partial charge in [-0.3, -0.25) is 4.79 Å². The molecule has 0 aromatic rings. The van der Waals surface area contributed by atoms with Crippen LogP contribution in [0.25, 0.3) is 0 Å². The van der Waals surface area contributed by atoms with E-state index in [1.165, 1.54) is 0 Å². The predicted molar refractivity (Wildman–Crippen MR) is 64.3 cm³/mol. The molecule has 1 amide bonds. The van der Waals surface area contributed by atoms with Gasteiger partial charge < -0.3 is 15.4 Å². The Kier molecular flexibility index (Phi) is 4.33. The minimum atomic E-state index is -0.102. The number of carbonyl (C=O) groups excluding carboxylic acids is 1. The molecule has 94 valence electrons. The number of hydrogen-bond acceptors (Lipinski definition) is 3. The number of carbonyl (C=O) groups is 1. The zero-order chi connectivity index (χ0) is 12.3. The summed E-state index contributed by atoms with van der Waals surface area (Å²) in [6, 6.07) is 0.0677. The van der Waals surface area contributed by atoms with Crippen LogP contribution in [0.3, 0.4) is 0 Å². The van der Waals surface area contributed by atoms with Crippen molar-refractivity contribution >= 4 is 5.91 Å². The highest BCUT2D eigenvalue weighted by atomic mass is 16.5. The van der Waals surface area contributed by atoms with Gasteiger partial charge in [-0.25, -0.2) is 0 Å². The Labute approximate surface area is 98.1 Å². The van der Waals surface area contributed by atoms with Crippen molar-refractivity contribution in [3.8, 4) is 0 Å². The van der Waals surface area contributed by atoms with Crippen LogP contribution in [-0.4, -0.2) is 37.7 Å². The average Bonchev–Trinajstić information content (AvgIpc) is 2.64. The van der Waals surface area contributed by atoms with E-state index in [0.717, 1.165) is 13.0 Å². The Hall–Kier alpha value is -0.610. The molecule has 0 aromatic heterocycles. The van der Waals surface area contributed by atoms with E-state index in [9.17, 15) is 4.79 Å². The van der Waals surface area contributed by atoms with Crippen molar-refractivity contribution in [1.29, 1.82) is 0 Å². The molecule has 0 bridgehead atoms. The van der Waals surface area contributed by atoms with Gasteiger partial charge >= 0.3 is 0 Å². The summed E-state index contributed by atoms with van der Waals surface area (Å²) in [5.74, 6) is 0.0852. The van der Waals surface area contributed by atoms with Crippen LogP contribution >= 0.6 is 0 Å². The van der Waals surface area contributed by atoms with Crippen LogP contribution in [0.15, 0.2) is 0 Å². The van der Waals surface area contributed by atoms with Crippen LogP contribution in [0.2, 0.25) is 0 Å². The summed E-state index contributed by atoms with van der Waals surface area (Å²) in [5.41, 5.74) is 0.0922. The number of ether oxygens (including phenoxy) is 1. The molecular formula is C12H24N2O2. The van der Waals surface area contributed by atoms with Gasteiger partial charge in [-0.15, -0.1) is 0 Å². The topological polar surface area (TPSA) is 50.4 Å². The third kappa shape index (κ3) is 3.46. The molecule has 2 N–H and O–H groups in total. The first kappa shape index (κ1) is 13.5. The van der Waals surface area contributed by atoms with Crippen molar-refractivity contribution in [2.45, 2.75) is 52.3 Å². The molecule has 1 heterocycles.